The van der Waals surface area contributed by atoms with E-state index in [-0.39, 0.29) is 5.91 Å². The van der Waals surface area contributed by atoms with Crippen LogP contribution in [0.25, 0.3) is 0 Å². The maximum Gasteiger partial charge on any atom is 0.222 e. The van der Waals surface area contributed by atoms with Crippen molar-refractivity contribution in [2.24, 2.45) is 0 Å². The maximum atomic E-state index is 12.2. The molecule has 122 valence electrons. The molecule has 22 heavy (non-hydrogen) atoms. The summed E-state index contributed by atoms with van der Waals surface area (Å²) in [4.78, 5) is 16.2. The number of nitrogens with one attached hydrogen (secondary N) is 1. The Morgan fingerprint density at radius 1 is 1.32 bits per heavy atom. The van der Waals surface area contributed by atoms with E-state index in [9.17, 15) is 4.79 Å². The molecule has 0 aromatic heterocycles. The molecule has 1 aromatic rings. The van der Waals surface area contributed by atoms with Crippen molar-refractivity contribution in [3.8, 4) is 5.75 Å². The van der Waals surface area contributed by atoms with E-state index in [1.165, 1.54) is 0 Å². The monoisotopic (exact) mass is 305 g/mol. The maximum absolute atomic E-state index is 12.2. The fourth-order valence-corrected chi connectivity index (χ4v) is 2.46. The Kier molecular flexibility index (Phi) is 6.68. The van der Waals surface area contributed by atoms with Gasteiger partial charge in [-0.2, -0.15) is 0 Å². The molecule has 5 heteroatoms. The minimum absolute atomic E-state index is 0.250. The molecule has 1 fully saturated rings. The minimum Gasteiger partial charge on any atom is -0.492 e. The average molecular weight is 305 g/mol. The molecule has 1 amide bonds. The van der Waals surface area contributed by atoms with Gasteiger partial charge in [-0.05, 0) is 38.2 Å². The Balaban J connectivity index is 1.78. The number of hydrogen-bond acceptors (Lipinski definition) is 4. The van der Waals surface area contributed by atoms with Crippen LogP contribution >= 0.6 is 0 Å². The van der Waals surface area contributed by atoms with Crippen LogP contribution in [0.15, 0.2) is 24.3 Å². The molecule has 1 aliphatic rings. The summed E-state index contributed by atoms with van der Waals surface area (Å²) in [5, 5.41) is 3.26. The molecule has 0 spiro atoms. The first-order valence-corrected chi connectivity index (χ1v) is 8.00. The molecule has 1 saturated heterocycles. The van der Waals surface area contributed by atoms with Gasteiger partial charge in [-0.25, -0.2) is 0 Å². The molecule has 1 N–H and O–H groups in total. The van der Waals surface area contributed by atoms with Crippen molar-refractivity contribution in [2.75, 3.05) is 53.4 Å². The second kappa shape index (κ2) is 8.76. The van der Waals surface area contributed by atoms with Crippen molar-refractivity contribution < 1.29 is 9.53 Å². The number of piperazine rings is 1. The quantitative estimate of drug-likeness (QED) is 0.816. The molecule has 0 bridgehead atoms. The second-order valence-corrected chi connectivity index (χ2v) is 5.93. The lowest BCUT2D eigenvalue weighted by Crippen LogP contribution is -2.46. The zero-order valence-corrected chi connectivity index (χ0v) is 13.7. The lowest BCUT2D eigenvalue weighted by molar-refractivity contribution is -0.131. The van der Waals surface area contributed by atoms with Gasteiger partial charge in [0.05, 0.1) is 0 Å². The van der Waals surface area contributed by atoms with Gasteiger partial charge in [-0.1, -0.05) is 12.1 Å². The number of aryl methyl sites for hydroxylation is 1. The first kappa shape index (κ1) is 16.8. The van der Waals surface area contributed by atoms with E-state index < -0.39 is 0 Å². The van der Waals surface area contributed by atoms with Crippen molar-refractivity contribution in [3.63, 3.8) is 0 Å². The summed E-state index contributed by atoms with van der Waals surface area (Å²) >= 11 is 0. The second-order valence-electron chi connectivity index (χ2n) is 5.93. The van der Waals surface area contributed by atoms with Gasteiger partial charge < -0.3 is 19.9 Å². The molecule has 1 aliphatic heterocycles. The summed E-state index contributed by atoms with van der Waals surface area (Å²) in [6, 6.07) is 8.07. The third kappa shape index (κ3) is 5.66. The highest BCUT2D eigenvalue weighted by molar-refractivity contribution is 5.76. The lowest BCUT2D eigenvalue weighted by Gasteiger charge is -2.27. The van der Waals surface area contributed by atoms with E-state index in [1.807, 2.05) is 37.2 Å². The lowest BCUT2D eigenvalue weighted by atomic mass is 10.1. The van der Waals surface area contributed by atoms with E-state index in [0.29, 0.717) is 13.0 Å². The predicted molar refractivity (Wildman–Crippen MR) is 88.3 cm³/mol. The fourth-order valence-electron chi connectivity index (χ4n) is 2.46. The summed E-state index contributed by atoms with van der Waals surface area (Å²) < 4.78 is 5.74. The van der Waals surface area contributed by atoms with Crippen LogP contribution in [0.1, 0.15) is 12.0 Å². The van der Waals surface area contributed by atoms with Gasteiger partial charge >= 0.3 is 0 Å². The number of hydrogen-bond donors (Lipinski definition) is 1. The standard InChI is InChI=1S/C17H27N3O2/c1-19(2)12-13-22-16-5-3-4-15(14-16)6-7-17(21)20-10-8-18-9-11-20/h3-5,14,18H,6-13H2,1-2H3. The molecule has 0 unspecified atom stereocenters. The molecule has 0 atom stereocenters. The number of rotatable bonds is 7. The zero-order chi connectivity index (χ0) is 15.8. The molecular formula is C17H27N3O2. The third-order valence-electron chi connectivity index (χ3n) is 3.80. The van der Waals surface area contributed by atoms with Crippen LogP contribution in [0.2, 0.25) is 0 Å². The highest BCUT2D eigenvalue weighted by Gasteiger charge is 2.15. The van der Waals surface area contributed by atoms with Gasteiger partial charge in [-0.3, -0.25) is 4.79 Å². The average Bonchev–Trinajstić information content (AvgIpc) is 2.53. The predicted octanol–water partition coefficient (Wildman–Crippen LogP) is 0.991. The number of likely N-dealkylation sites (N-methyl/N-ethyl adjacent to an activating group) is 1. The fraction of sp³-hybridized carbons (Fsp3) is 0.588. The van der Waals surface area contributed by atoms with Crippen LogP contribution < -0.4 is 10.1 Å². The van der Waals surface area contributed by atoms with Crippen LogP contribution in [0.3, 0.4) is 0 Å². The number of carbonyl (C=O) groups is 1. The van der Waals surface area contributed by atoms with Crippen LogP contribution in [0, 0.1) is 0 Å². The SMILES string of the molecule is CN(C)CCOc1cccc(CCC(=O)N2CCNCC2)c1. The van der Waals surface area contributed by atoms with E-state index in [1.54, 1.807) is 0 Å². The number of carbonyl (C=O) groups excluding carboxylic acids is 1. The molecule has 5 nitrogen and oxygen atoms in total. The van der Waals surface area contributed by atoms with E-state index in [2.05, 4.69) is 16.3 Å². The van der Waals surface area contributed by atoms with Gasteiger partial charge in [0.1, 0.15) is 12.4 Å². The number of ether oxygens (including phenoxy) is 1. The van der Waals surface area contributed by atoms with Gasteiger partial charge in [0.2, 0.25) is 5.91 Å². The van der Waals surface area contributed by atoms with E-state index in [0.717, 1.165) is 50.5 Å². The molecule has 0 radical (unpaired) electrons. The van der Waals surface area contributed by atoms with E-state index >= 15 is 0 Å². The smallest absolute Gasteiger partial charge is 0.222 e. The largest absolute Gasteiger partial charge is 0.492 e. The van der Waals surface area contributed by atoms with Crippen molar-refractivity contribution in [1.29, 1.82) is 0 Å². The van der Waals surface area contributed by atoms with Gasteiger partial charge in [-0.15, -0.1) is 0 Å². The minimum atomic E-state index is 0.250. The Hall–Kier alpha value is -1.59. The molecular weight excluding hydrogens is 278 g/mol. The Morgan fingerprint density at radius 2 is 2.09 bits per heavy atom. The topological polar surface area (TPSA) is 44.8 Å². The molecule has 2 rings (SSSR count). The number of amides is 1. The van der Waals surface area contributed by atoms with Crippen LogP contribution in [0.5, 0.6) is 5.75 Å². The highest BCUT2D eigenvalue weighted by atomic mass is 16.5. The summed E-state index contributed by atoms with van der Waals surface area (Å²) in [5.74, 6) is 1.13. The van der Waals surface area contributed by atoms with Crippen molar-refractivity contribution in [2.45, 2.75) is 12.8 Å². The summed E-state index contributed by atoms with van der Waals surface area (Å²) in [7, 11) is 4.06. The third-order valence-corrected chi connectivity index (χ3v) is 3.80. The molecule has 0 aliphatic carbocycles. The van der Waals surface area contributed by atoms with Crippen LogP contribution in [-0.4, -0.2) is 69.1 Å². The van der Waals surface area contributed by atoms with Gasteiger partial charge in [0, 0.05) is 39.1 Å². The summed E-state index contributed by atoms with van der Waals surface area (Å²) in [5.41, 5.74) is 1.16. The first-order chi connectivity index (χ1) is 10.6. The Bertz CT molecular complexity index is 471. The molecule has 0 saturated carbocycles. The Morgan fingerprint density at radius 3 is 2.82 bits per heavy atom. The Labute approximate surface area is 133 Å². The highest BCUT2D eigenvalue weighted by Crippen LogP contribution is 2.15. The summed E-state index contributed by atoms with van der Waals surface area (Å²) in [6.07, 6.45) is 1.34. The molecule has 1 heterocycles. The van der Waals surface area contributed by atoms with E-state index in [4.69, 9.17) is 4.74 Å². The van der Waals surface area contributed by atoms with Gasteiger partial charge in [0.25, 0.3) is 0 Å². The van der Waals surface area contributed by atoms with Gasteiger partial charge in [0.15, 0.2) is 0 Å². The first-order valence-electron chi connectivity index (χ1n) is 8.00. The summed E-state index contributed by atoms with van der Waals surface area (Å²) in [6.45, 7) is 5.03. The normalized spacial score (nSPS) is 15.1. The number of benzene rings is 1. The van der Waals surface area contributed by atoms with Crippen molar-refractivity contribution in [1.82, 2.24) is 15.1 Å². The molecule has 1 aromatic carbocycles. The zero-order valence-electron chi connectivity index (χ0n) is 13.7. The van der Waals surface area contributed by atoms with Crippen molar-refractivity contribution in [3.05, 3.63) is 29.8 Å². The van der Waals surface area contributed by atoms with Crippen LogP contribution in [0.4, 0.5) is 0 Å². The number of nitrogens with zero attached hydrogens (tertiary/aromatic N) is 2. The van der Waals surface area contributed by atoms with Crippen molar-refractivity contribution >= 4 is 5.91 Å². The van der Waals surface area contributed by atoms with Crippen LogP contribution in [-0.2, 0) is 11.2 Å².